The molecule has 2 nitrogen and oxygen atoms in total. The zero-order valence-electron chi connectivity index (χ0n) is 6.75. The molecule has 58 valence electrons. The van der Waals surface area contributed by atoms with Gasteiger partial charge in [0.2, 0.25) is 0 Å². The lowest BCUT2D eigenvalue weighted by Crippen LogP contribution is -1.95. The Labute approximate surface area is 62.8 Å². The maximum absolute atomic E-state index is 5.12. The molecule has 0 aromatic heterocycles. The standard InChI is InChI=1S/C8H16N2/c1-3-5-8(2)10-7-4-6-9/h4,6-8H,3,5,9H2,1-2H3/b6-4-,10-7?. The summed E-state index contributed by atoms with van der Waals surface area (Å²) in [6.07, 6.45) is 7.31. The monoisotopic (exact) mass is 140 g/mol. The summed E-state index contributed by atoms with van der Waals surface area (Å²) in [5, 5.41) is 0. The van der Waals surface area contributed by atoms with Gasteiger partial charge >= 0.3 is 0 Å². The van der Waals surface area contributed by atoms with Gasteiger partial charge in [-0.25, -0.2) is 0 Å². The van der Waals surface area contributed by atoms with Crippen LogP contribution in [0.25, 0.3) is 0 Å². The number of nitrogens with zero attached hydrogens (tertiary/aromatic N) is 1. The van der Waals surface area contributed by atoms with Crippen LogP contribution in [0.5, 0.6) is 0 Å². The maximum atomic E-state index is 5.12. The first kappa shape index (κ1) is 9.21. The fraction of sp³-hybridized carbons (Fsp3) is 0.625. The van der Waals surface area contributed by atoms with Crippen LogP contribution in [0.15, 0.2) is 17.3 Å². The predicted molar refractivity (Wildman–Crippen MR) is 46.2 cm³/mol. The molecule has 2 N–H and O–H groups in total. The van der Waals surface area contributed by atoms with Gasteiger partial charge in [-0.05, 0) is 25.6 Å². The van der Waals surface area contributed by atoms with E-state index in [1.807, 2.05) is 0 Å². The topological polar surface area (TPSA) is 38.4 Å². The predicted octanol–water partition coefficient (Wildman–Crippen LogP) is 1.72. The van der Waals surface area contributed by atoms with Gasteiger partial charge < -0.3 is 5.73 Å². The lowest BCUT2D eigenvalue weighted by molar-refractivity contribution is 0.657. The van der Waals surface area contributed by atoms with Crippen molar-refractivity contribution in [3.8, 4) is 0 Å². The molecule has 0 aliphatic rings. The zero-order valence-corrected chi connectivity index (χ0v) is 6.75. The van der Waals surface area contributed by atoms with Crippen molar-refractivity contribution < 1.29 is 0 Å². The van der Waals surface area contributed by atoms with Crippen LogP contribution >= 0.6 is 0 Å². The minimum atomic E-state index is 0.432. The summed E-state index contributed by atoms with van der Waals surface area (Å²) < 4.78 is 0. The van der Waals surface area contributed by atoms with Crippen LogP contribution in [0.1, 0.15) is 26.7 Å². The molecule has 1 unspecified atom stereocenters. The third kappa shape index (κ3) is 5.35. The highest BCUT2D eigenvalue weighted by atomic mass is 14.7. The third-order valence-corrected chi connectivity index (χ3v) is 1.24. The molecule has 0 saturated heterocycles. The Balaban J connectivity index is 3.44. The molecule has 0 saturated carbocycles. The van der Waals surface area contributed by atoms with E-state index in [1.54, 1.807) is 12.3 Å². The van der Waals surface area contributed by atoms with Crippen molar-refractivity contribution >= 4 is 6.21 Å². The van der Waals surface area contributed by atoms with Crippen molar-refractivity contribution in [1.82, 2.24) is 0 Å². The van der Waals surface area contributed by atoms with Crippen molar-refractivity contribution in [2.24, 2.45) is 10.7 Å². The van der Waals surface area contributed by atoms with Gasteiger partial charge in [0.15, 0.2) is 0 Å². The first-order valence-corrected chi connectivity index (χ1v) is 3.71. The Morgan fingerprint density at radius 2 is 2.30 bits per heavy atom. The Morgan fingerprint density at radius 1 is 1.60 bits per heavy atom. The van der Waals surface area contributed by atoms with E-state index in [2.05, 4.69) is 18.8 Å². The van der Waals surface area contributed by atoms with Gasteiger partial charge in [0.1, 0.15) is 0 Å². The third-order valence-electron chi connectivity index (χ3n) is 1.24. The van der Waals surface area contributed by atoms with Crippen molar-refractivity contribution in [1.29, 1.82) is 0 Å². The maximum Gasteiger partial charge on any atom is 0.0471 e. The molecule has 0 fully saturated rings. The zero-order chi connectivity index (χ0) is 7.82. The van der Waals surface area contributed by atoms with Gasteiger partial charge in [-0.3, -0.25) is 4.99 Å². The number of hydrogen-bond donors (Lipinski definition) is 1. The molecule has 1 atom stereocenters. The highest BCUT2D eigenvalue weighted by Crippen LogP contribution is 1.98. The first-order chi connectivity index (χ1) is 4.81. The highest BCUT2D eigenvalue weighted by molar-refractivity contribution is 5.70. The summed E-state index contributed by atoms with van der Waals surface area (Å²) in [6, 6.07) is 0.432. The van der Waals surface area contributed by atoms with E-state index in [0.29, 0.717) is 6.04 Å². The van der Waals surface area contributed by atoms with E-state index in [-0.39, 0.29) is 0 Å². The number of aliphatic imine (C=N–C) groups is 1. The Morgan fingerprint density at radius 3 is 2.80 bits per heavy atom. The summed E-state index contributed by atoms with van der Waals surface area (Å²) in [4.78, 5) is 4.21. The Bertz CT molecular complexity index is 116. The van der Waals surface area contributed by atoms with E-state index < -0.39 is 0 Å². The second-order valence-electron chi connectivity index (χ2n) is 2.32. The van der Waals surface area contributed by atoms with Gasteiger partial charge in [0.05, 0.1) is 0 Å². The molecule has 0 aromatic rings. The van der Waals surface area contributed by atoms with Crippen LogP contribution in [0.2, 0.25) is 0 Å². The molecular weight excluding hydrogens is 124 g/mol. The van der Waals surface area contributed by atoms with Crippen LogP contribution < -0.4 is 5.73 Å². The quantitative estimate of drug-likeness (QED) is 0.593. The van der Waals surface area contributed by atoms with Gasteiger partial charge in [-0.15, -0.1) is 0 Å². The largest absolute Gasteiger partial charge is 0.405 e. The summed E-state index contributed by atoms with van der Waals surface area (Å²) >= 11 is 0. The summed E-state index contributed by atoms with van der Waals surface area (Å²) in [5.74, 6) is 0. The fourth-order valence-corrected chi connectivity index (χ4v) is 0.739. The fourth-order valence-electron chi connectivity index (χ4n) is 0.739. The lowest BCUT2D eigenvalue weighted by Gasteiger charge is -2.00. The highest BCUT2D eigenvalue weighted by Gasteiger charge is 1.91. The molecule has 0 radical (unpaired) electrons. The molecule has 0 aliphatic heterocycles. The lowest BCUT2D eigenvalue weighted by atomic mass is 10.2. The van der Waals surface area contributed by atoms with Gasteiger partial charge in [-0.2, -0.15) is 0 Å². The number of allylic oxidation sites excluding steroid dienone is 1. The molecule has 10 heavy (non-hydrogen) atoms. The molecule has 0 rings (SSSR count). The van der Waals surface area contributed by atoms with Crippen LogP contribution in [0.3, 0.4) is 0 Å². The number of rotatable bonds is 4. The number of nitrogens with two attached hydrogens (primary N) is 1. The molecule has 2 heteroatoms. The summed E-state index contributed by atoms with van der Waals surface area (Å²) in [6.45, 7) is 4.26. The minimum Gasteiger partial charge on any atom is -0.405 e. The van der Waals surface area contributed by atoms with E-state index in [1.165, 1.54) is 12.6 Å². The smallest absolute Gasteiger partial charge is 0.0471 e. The molecule has 0 bridgehead atoms. The molecule has 0 amide bonds. The van der Waals surface area contributed by atoms with Gasteiger partial charge in [0.25, 0.3) is 0 Å². The summed E-state index contributed by atoms with van der Waals surface area (Å²) in [5.41, 5.74) is 5.12. The van der Waals surface area contributed by atoms with Crippen molar-refractivity contribution in [3.63, 3.8) is 0 Å². The van der Waals surface area contributed by atoms with E-state index in [0.717, 1.165) is 6.42 Å². The number of hydrogen-bond acceptors (Lipinski definition) is 2. The Hall–Kier alpha value is -0.790. The molecule has 0 aliphatic carbocycles. The van der Waals surface area contributed by atoms with Crippen molar-refractivity contribution in [2.45, 2.75) is 32.7 Å². The van der Waals surface area contributed by atoms with Crippen LogP contribution in [0.4, 0.5) is 0 Å². The Kier molecular flexibility index (Phi) is 5.83. The average molecular weight is 140 g/mol. The molecule has 0 spiro atoms. The van der Waals surface area contributed by atoms with Crippen molar-refractivity contribution in [3.05, 3.63) is 12.3 Å². The first-order valence-electron chi connectivity index (χ1n) is 3.71. The van der Waals surface area contributed by atoms with Crippen molar-refractivity contribution in [2.75, 3.05) is 0 Å². The van der Waals surface area contributed by atoms with E-state index >= 15 is 0 Å². The average Bonchev–Trinajstić information content (AvgIpc) is 1.89. The van der Waals surface area contributed by atoms with Gasteiger partial charge in [0, 0.05) is 12.3 Å². The second-order valence-corrected chi connectivity index (χ2v) is 2.32. The molecule has 0 aromatic carbocycles. The van der Waals surface area contributed by atoms with Crippen LogP contribution in [-0.4, -0.2) is 12.3 Å². The normalized spacial score (nSPS) is 15.0. The van der Waals surface area contributed by atoms with E-state index in [9.17, 15) is 0 Å². The van der Waals surface area contributed by atoms with Gasteiger partial charge in [-0.1, -0.05) is 13.3 Å². The molecule has 0 heterocycles. The van der Waals surface area contributed by atoms with E-state index in [4.69, 9.17) is 5.73 Å². The van der Waals surface area contributed by atoms with Crippen LogP contribution in [-0.2, 0) is 0 Å². The SMILES string of the molecule is CCCC(C)N=C/C=C\N. The minimum absolute atomic E-state index is 0.432. The summed E-state index contributed by atoms with van der Waals surface area (Å²) in [7, 11) is 0. The molecular formula is C8H16N2. The second kappa shape index (κ2) is 6.33. The van der Waals surface area contributed by atoms with Crippen LogP contribution in [0, 0.1) is 0 Å².